The van der Waals surface area contributed by atoms with Gasteiger partial charge in [0.25, 0.3) is 0 Å². The molecule has 0 aromatic rings. The number of aliphatic hydroxyl groups is 1. The summed E-state index contributed by atoms with van der Waals surface area (Å²) in [5, 5.41) is 9.26. The van der Waals surface area contributed by atoms with Crippen molar-refractivity contribution in [3.8, 4) is 0 Å². The van der Waals surface area contributed by atoms with Gasteiger partial charge in [0.15, 0.2) is 0 Å². The molecule has 2 fully saturated rings. The molecule has 1 aliphatic heterocycles. The molecule has 1 saturated heterocycles. The second kappa shape index (κ2) is 5.00. The summed E-state index contributed by atoms with van der Waals surface area (Å²) in [6.07, 6.45) is 5.74. The molecule has 1 saturated carbocycles. The Kier molecular flexibility index (Phi) is 3.85. The number of methoxy groups -OCH3 is 1. The Morgan fingerprint density at radius 2 is 2.06 bits per heavy atom. The lowest BCUT2D eigenvalue weighted by Crippen LogP contribution is -2.46. The maximum absolute atomic E-state index is 9.26. The van der Waals surface area contributed by atoms with E-state index in [1.54, 1.807) is 7.11 Å². The van der Waals surface area contributed by atoms with E-state index in [9.17, 15) is 5.11 Å². The van der Waals surface area contributed by atoms with Crippen LogP contribution < -0.4 is 5.73 Å². The number of rotatable bonds is 3. The van der Waals surface area contributed by atoms with Crippen molar-refractivity contribution in [1.82, 2.24) is 4.90 Å². The van der Waals surface area contributed by atoms with Gasteiger partial charge in [-0.1, -0.05) is 0 Å². The number of likely N-dealkylation sites (tertiary alicyclic amines) is 1. The number of hydrogen-bond donors (Lipinski definition) is 2. The molecule has 94 valence electrons. The number of hydrogen-bond acceptors (Lipinski definition) is 4. The molecule has 4 nitrogen and oxygen atoms in total. The fraction of sp³-hybridized carbons (Fsp3) is 1.00. The van der Waals surface area contributed by atoms with Crippen LogP contribution in [-0.4, -0.2) is 54.5 Å². The van der Waals surface area contributed by atoms with Crippen molar-refractivity contribution in [2.45, 2.75) is 49.8 Å². The van der Waals surface area contributed by atoms with Gasteiger partial charge in [-0.3, -0.25) is 0 Å². The van der Waals surface area contributed by atoms with E-state index < -0.39 is 0 Å². The summed E-state index contributed by atoms with van der Waals surface area (Å²) >= 11 is 0. The van der Waals surface area contributed by atoms with Crippen molar-refractivity contribution in [2.75, 3.05) is 26.8 Å². The van der Waals surface area contributed by atoms with Gasteiger partial charge >= 0.3 is 0 Å². The standard InChI is InChI=1S/C12H24N2O2/c1-16-11-3-6-14(7-4-11)10-2-5-12(13,8-10)9-15/h10-11,15H,2-9,13H2,1H3. The molecule has 0 bridgehead atoms. The van der Waals surface area contributed by atoms with Gasteiger partial charge in [0.2, 0.25) is 0 Å². The van der Waals surface area contributed by atoms with Crippen molar-refractivity contribution in [3.05, 3.63) is 0 Å². The largest absolute Gasteiger partial charge is 0.394 e. The van der Waals surface area contributed by atoms with Crippen molar-refractivity contribution in [1.29, 1.82) is 0 Å². The highest BCUT2D eigenvalue weighted by atomic mass is 16.5. The molecule has 2 rings (SSSR count). The van der Waals surface area contributed by atoms with Crippen molar-refractivity contribution < 1.29 is 9.84 Å². The van der Waals surface area contributed by atoms with Crippen molar-refractivity contribution in [2.24, 2.45) is 5.73 Å². The van der Waals surface area contributed by atoms with Crippen LogP contribution in [0, 0.1) is 0 Å². The third-order valence-corrected chi connectivity index (χ3v) is 4.26. The molecule has 4 heteroatoms. The zero-order chi connectivity index (χ0) is 11.6. The minimum Gasteiger partial charge on any atom is -0.394 e. The summed E-state index contributed by atoms with van der Waals surface area (Å²) in [5.41, 5.74) is 5.79. The number of aliphatic hydroxyl groups excluding tert-OH is 1. The van der Waals surface area contributed by atoms with E-state index in [1.165, 1.54) is 0 Å². The summed E-state index contributed by atoms with van der Waals surface area (Å²) < 4.78 is 5.37. The molecule has 0 amide bonds. The highest BCUT2D eigenvalue weighted by Crippen LogP contribution is 2.32. The Balaban J connectivity index is 1.82. The van der Waals surface area contributed by atoms with Crippen LogP contribution in [0.3, 0.4) is 0 Å². The maximum atomic E-state index is 9.26. The summed E-state index contributed by atoms with van der Waals surface area (Å²) in [6, 6.07) is 0.579. The first kappa shape index (κ1) is 12.3. The third-order valence-electron chi connectivity index (χ3n) is 4.26. The highest BCUT2D eigenvalue weighted by molar-refractivity contribution is 4.97. The van der Waals surface area contributed by atoms with Crippen LogP contribution in [0.2, 0.25) is 0 Å². The van der Waals surface area contributed by atoms with Crippen LogP contribution in [0.15, 0.2) is 0 Å². The van der Waals surface area contributed by atoms with Crippen LogP contribution in [0.4, 0.5) is 0 Å². The van der Waals surface area contributed by atoms with Crippen LogP contribution in [0.5, 0.6) is 0 Å². The Hall–Kier alpha value is -0.160. The van der Waals surface area contributed by atoms with Gasteiger partial charge in [-0.05, 0) is 32.1 Å². The second-order valence-electron chi connectivity index (χ2n) is 5.39. The smallest absolute Gasteiger partial charge is 0.0611 e. The molecule has 2 aliphatic rings. The Labute approximate surface area is 97.7 Å². The van der Waals surface area contributed by atoms with Crippen LogP contribution in [-0.2, 0) is 4.74 Å². The molecular weight excluding hydrogens is 204 g/mol. The van der Waals surface area contributed by atoms with E-state index in [-0.39, 0.29) is 12.1 Å². The molecule has 3 N–H and O–H groups in total. The Bertz CT molecular complexity index is 229. The average Bonchev–Trinajstić information content (AvgIpc) is 2.73. The third kappa shape index (κ3) is 2.56. The normalized spacial score (nSPS) is 38.1. The average molecular weight is 228 g/mol. The van der Waals surface area contributed by atoms with E-state index >= 15 is 0 Å². The quantitative estimate of drug-likeness (QED) is 0.731. The van der Waals surface area contributed by atoms with Crippen LogP contribution >= 0.6 is 0 Å². The number of piperidine rings is 1. The maximum Gasteiger partial charge on any atom is 0.0611 e. The molecule has 2 unspecified atom stereocenters. The summed E-state index contributed by atoms with van der Waals surface area (Å²) in [5.74, 6) is 0. The number of nitrogens with two attached hydrogens (primary N) is 1. The minimum absolute atomic E-state index is 0.123. The highest BCUT2D eigenvalue weighted by Gasteiger charge is 2.38. The zero-order valence-electron chi connectivity index (χ0n) is 10.2. The first-order chi connectivity index (χ1) is 7.67. The van der Waals surface area contributed by atoms with E-state index in [2.05, 4.69) is 4.90 Å². The van der Waals surface area contributed by atoms with Gasteiger partial charge in [-0.2, -0.15) is 0 Å². The van der Waals surface area contributed by atoms with Gasteiger partial charge in [-0.15, -0.1) is 0 Å². The van der Waals surface area contributed by atoms with Gasteiger partial charge < -0.3 is 20.5 Å². The summed E-state index contributed by atoms with van der Waals surface area (Å²) in [4.78, 5) is 2.53. The zero-order valence-corrected chi connectivity index (χ0v) is 10.2. The van der Waals surface area contributed by atoms with Gasteiger partial charge in [0.05, 0.1) is 12.7 Å². The van der Waals surface area contributed by atoms with Gasteiger partial charge in [0, 0.05) is 31.8 Å². The van der Waals surface area contributed by atoms with Gasteiger partial charge in [0.1, 0.15) is 0 Å². The predicted molar refractivity (Wildman–Crippen MR) is 63.2 cm³/mol. The number of ether oxygens (including phenoxy) is 1. The Morgan fingerprint density at radius 3 is 2.56 bits per heavy atom. The monoisotopic (exact) mass is 228 g/mol. The summed E-state index contributed by atoms with van der Waals surface area (Å²) in [6.45, 7) is 2.35. The lowest BCUT2D eigenvalue weighted by molar-refractivity contribution is 0.0266. The molecule has 2 atom stereocenters. The van der Waals surface area contributed by atoms with Crippen LogP contribution in [0.25, 0.3) is 0 Å². The van der Waals surface area contributed by atoms with E-state index in [1.807, 2.05) is 0 Å². The molecule has 16 heavy (non-hydrogen) atoms. The lowest BCUT2D eigenvalue weighted by Gasteiger charge is -2.36. The molecule has 1 heterocycles. The van der Waals surface area contributed by atoms with E-state index in [4.69, 9.17) is 10.5 Å². The second-order valence-corrected chi connectivity index (χ2v) is 5.39. The molecule has 0 aromatic heterocycles. The van der Waals surface area contributed by atoms with E-state index in [0.717, 1.165) is 45.2 Å². The molecule has 0 radical (unpaired) electrons. The topological polar surface area (TPSA) is 58.7 Å². The summed E-state index contributed by atoms with van der Waals surface area (Å²) in [7, 11) is 1.80. The first-order valence-corrected chi connectivity index (χ1v) is 6.33. The SMILES string of the molecule is COC1CCN(C2CCC(N)(CO)C2)CC1. The predicted octanol–water partition coefficient (Wildman–Crippen LogP) is 0.340. The molecule has 0 aromatic carbocycles. The fourth-order valence-electron chi connectivity index (χ4n) is 3.06. The van der Waals surface area contributed by atoms with Crippen LogP contribution in [0.1, 0.15) is 32.1 Å². The molecule has 0 spiro atoms. The minimum atomic E-state index is -0.317. The Morgan fingerprint density at radius 1 is 1.38 bits per heavy atom. The van der Waals surface area contributed by atoms with Crippen molar-refractivity contribution in [3.63, 3.8) is 0 Å². The molecule has 1 aliphatic carbocycles. The van der Waals surface area contributed by atoms with Gasteiger partial charge in [-0.25, -0.2) is 0 Å². The molecular formula is C12H24N2O2. The number of nitrogens with zero attached hydrogens (tertiary/aromatic N) is 1. The van der Waals surface area contributed by atoms with Crippen molar-refractivity contribution >= 4 is 0 Å². The van der Waals surface area contributed by atoms with E-state index in [0.29, 0.717) is 12.1 Å². The fourth-order valence-corrected chi connectivity index (χ4v) is 3.06. The first-order valence-electron chi connectivity index (χ1n) is 6.33. The lowest BCUT2D eigenvalue weighted by atomic mass is 9.99.